The molecule has 0 aliphatic carbocycles. The maximum atomic E-state index is 12.7. The van der Waals surface area contributed by atoms with Gasteiger partial charge in [-0.2, -0.15) is 13.2 Å². The summed E-state index contributed by atoms with van der Waals surface area (Å²) < 4.78 is 37.3. The summed E-state index contributed by atoms with van der Waals surface area (Å²) in [5.41, 5.74) is 3.06. The van der Waals surface area contributed by atoms with Crippen LogP contribution in [-0.4, -0.2) is 33.2 Å². The maximum absolute atomic E-state index is 12.7. The Bertz CT molecular complexity index is 896. The van der Waals surface area contributed by atoms with Gasteiger partial charge in [-0.25, -0.2) is 0 Å². The summed E-state index contributed by atoms with van der Waals surface area (Å²) in [7, 11) is 0. The van der Waals surface area contributed by atoms with Gasteiger partial charge in [0.05, 0.1) is 6.04 Å². The van der Waals surface area contributed by atoms with E-state index in [1.807, 2.05) is 6.92 Å². The van der Waals surface area contributed by atoms with Crippen LogP contribution in [0.3, 0.4) is 0 Å². The first-order valence-corrected chi connectivity index (χ1v) is 8.47. The van der Waals surface area contributed by atoms with Gasteiger partial charge < -0.3 is 4.90 Å². The number of nitrogens with zero attached hydrogens (tertiary/aromatic N) is 3. The zero-order valence-corrected chi connectivity index (χ0v) is 14.9. The molecule has 0 bridgehead atoms. The van der Waals surface area contributed by atoms with Crippen LogP contribution in [0.15, 0.2) is 24.5 Å². The summed E-state index contributed by atoms with van der Waals surface area (Å²) in [6.07, 6.45) is -1.75. The lowest BCUT2D eigenvalue weighted by atomic mass is 10.0. The second-order valence-electron chi connectivity index (χ2n) is 6.60. The molecular weight excluding hydrogens is 359 g/mol. The van der Waals surface area contributed by atoms with Crippen molar-refractivity contribution in [2.75, 3.05) is 0 Å². The number of fused-ring (bicyclic) bond motifs is 1. The second kappa shape index (κ2) is 7.09. The van der Waals surface area contributed by atoms with Gasteiger partial charge in [-0.1, -0.05) is 6.07 Å². The van der Waals surface area contributed by atoms with Gasteiger partial charge in [0.15, 0.2) is 6.29 Å². The van der Waals surface area contributed by atoms with Crippen LogP contribution in [0.4, 0.5) is 13.2 Å². The molecule has 1 atom stereocenters. The average Bonchev–Trinajstić information content (AvgIpc) is 2.96. The SMILES string of the molecule is Cc1cc(C(C)N2Cc3c(ccnc3C=O)C2=O)cnc1CCC(F)(F)F. The lowest BCUT2D eigenvalue weighted by Crippen LogP contribution is -2.27. The quantitative estimate of drug-likeness (QED) is 0.744. The molecule has 0 aromatic carbocycles. The Morgan fingerprint density at radius 3 is 2.70 bits per heavy atom. The average molecular weight is 377 g/mol. The summed E-state index contributed by atoms with van der Waals surface area (Å²) in [6.45, 7) is 3.79. The zero-order chi connectivity index (χ0) is 19.8. The zero-order valence-electron chi connectivity index (χ0n) is 14.9. The highest BCUT2D eigenvalue weighted by Crippen LogP contribution is 2.32. The Hall–Kier alpha value is -2.77. The molecule has 142 valence electrons. The molecule has 5 nitrogen and oxygen atoms in total. The smallest absolute Gasteiger partial charge is 0.327 e. The fourth-order valence-corrected chi connectivity index (χ4v) is 3.24. The number of amides is 1. The van der Waals surface area contributed by atoms with Crippen molar-refractivity contribution in [3.05, 3.63) is 58.2 Å². The molecule has 1 unspecified atom stereocenters. The largest absolute Gasteiger partial charge is 0.389 e. The molecule has 8 heteroatoms. The molecule has 1 aliphatic heterocycles. The van der Waals surface area contributed by atoms with Crippen LogP contribution in [0.25, 0.3) is 0 Å². The number of hydrogen-bond donors (Lipinski definition) is 0. The van der Waals surface area contributed by atoms with Crippen molar-refractivity contribution >= 4 is 12.2 Å². The number of carbonyl (C=O) groups excluding carboxylic acids is 2. The van der Waals surface area contributed by atoms with Gasteiger partial charge in [-0.05, 0) is 37.5 Å². The molecule has 1 amide bonds. The summed E-state index contributed by atoms with van der Waals surface area (Å²) in [6, 6.07) is 3.01. The first-order valence-electron chi connectivity index (χ1n) is 8.47. The predicted molar refractivity (Wildman–Crippen MR) is 91.3 cm³/mol. The van der Waals surface area contributed by atoms with E-state index in [1.54, 1.807) is 24.0 Å². The molecule has 0 N–H and O–H groups in total. The number of aryl methyl sites for hydroxylation is 2. The van der Waals surface area contributed by atoms with E-state index < -0.39 is 12.6 Å². The minimum Gasteiger partial charge on any atom is -0.327 e. The number of carbonyl (C=O) groups is 2. The van der Waals surface area contributed by atoms with E-state index in [2.05, 4.69) is 9.97 Å². The van der Waals surface area contributed by atoms with Gasteiger partial charge in [-0.3, -0.25) is 19.6 Å². The molecule has 3 rings (SSSR count). The van der Waals surface area contributed by atoms with E-state index >= 15 is 0 Å². The summed E-state index contributed by atoms with van der Waals surface area (Å²) in [5, 5.41) is 0. The minimum atomic E-state index is -4.22. The maximum Gasteiger partial charge on any atom is 0.389 e. The number of aldehydes is 1. The first kappa shape index (κ1) is 19.0. The molecule has 2 aromatic rings. The van der Waals surface area contributed by atoms with Crippen molar-refractivity contribution in [2.45, 2.75) is 45.5 Å². The lowest BCUT2D eigenvalue weighted by Gasteiger charge is -2.25. The normalized spacial score (nSPS) is 15.0. The van der Waals surface area contributed by atoms with E-state index in [0.717, 1.165) is 5.56 Å². The van der Waals surface area contributed by atoms with Crippen LogP contribution in [0.1, 0.15) is 62.6 Å². The number of aromatic nitrogens is 2. The molecule has 1 aliphatic rings. The molecule has 0 saturated carbocycles. The van der Waals surface area contributed by atoms with E-state index in [1.165, 1.54) is 12.4 Å². The number of halogens is 3. The summed E-state index contributed by atoms with van der Waals surface area (Å²) in [5.74, 6) is -0.207. The third-order valence-corrected chi connectivity index (χ3v) is 4.82. The molecule has 0 saturated heterocycles. The summed E-state index contributed by atoms with van der Waals surface area (Å²) >= 11 is 0. The highest BCUT2D eigenvalue weighted by molar-refractivity contribution is 6.00. The fraction of sp³-hybridized carbons (Fsp3) is 0.368. The predicted octanol–water partition coefficient (Wildman–Crippen LogP) is 3.81. The topological polar surface area (TPSA) is 63.2 Å². The van der Waals surface area contributed by atoms with Gasteiger partial charge >= 0.3 is 6.18 Å². The van der Waals surface area contributed by atoms with E-state index in [0.29, 0.717) is 28.7 Å². The van der Waals surface area contributed by atoms with Crippen molar-refractivity contribution < 1.29 is 22.8 Å². The highest BCUT2D eigenvalue weighted by Gasteiger charge is 2.33. The standard InChI is InChI=1S/C19H18F3N3O2/c1-11-7-13(8-24-16(11)3-5-19(20,21)22)12(2)25-9-15-14(18(25)27)4-6-23-17(15)10-26/h4,6-8,10,12H,3,5,9H2,1-2H3. The summed E-state index contributed by atoms with van der Waals surface area (Å²) in [4.78, 5) is 33.6. The van der Waals surface area contributed by atoms with Crippen LogP contribution < -0.4 is 0 Å². The van der Waals surface area contributed by atoms with Crippen LogP contribution in [-0.2, 0) is 13.0 Å². The van der Waals surface area contributed by atoms with E-state index in [4.69, 9.17) is 0 Å². The monoisotopic (exact) mass is 377 g/mol. The number of alkyl halides is 3. The fourth-order valence-electron chi connectivity index (χ4n) is 3.24. The van der Waals surface area contributed by atoms with Gasteiger partial charge in [0.25, 0.3) is 5.91 Å². The van der Waals surface area contributed by atoms with Crippen LogP contribution in [0.5, 0.6) is 0 Å². The Kier molecular flexibility index (Phi) is 4.99. The van der Waals surface area contributed by atoms with Crippen molar-refractivity contribution in [2.24, 2.45) is 0 Å². The number of pyridine rings is 2. The highest BCUT2D eigenvalue weighted by atomic mass is 19.4. The molecular formula is C19H18F3N3O2. The molecule has 0 radical (unpaired) electrons. The second-order valence-corrected chi connectivity index (χ2v) is 6.60. The van der Waals surface area contributed by atoms with Gasteiger partial charge in [0.2, 0.25) is 0 Å². The molecule has 0 fully saturated rings. The van der Waals surface area contributed by atoms with Crippen LogP contribution in [0, 0.1) is 6.92 Å². The van der Waals surface area contributed by atoms with E-state index in [9.17, 15) is 22.8 Å². The van der Waals surface area contributed by atoms with Crippen molar-refractivity contribution in [3.63, 3.8) is 0 Å². The van der Waals surface area contributed by atoms with Crippen LogP contribution >= 0.6 is 0 Å². The molecule has 0 spiro atoms. The van der Waals surface area contributed by atoms with Gasteiger partial charge in [-0.15, -0.1) is 0 Å². The van der Waals surface area contributed by atoms with Gasteiger partial charge in [0.1, 0.15) is 5.69 Å². The third-order valence-electron chi connectivity index (χ3n) is 4.82. The molecule has 27 heavy (non-hydrogen) atoms. The van der Waals surface area contributed by atoms with Crippen molar-refractivity contribution in [3.8, 4) is 0 Å². The number of rotatable bonds is 5. The Balaban J connectivity index is 1.81. The van der Waals surface area contributed by atoms with Gasteiger partial charge in [0, 0.05) is 42.2 Å². The molecule has 3 heterocycles. The van der Waals surface area contributed by atoms with Crippen molar-refractivity contribution in [1.82, 2.24) is 14.9 Å². The Morgan fingerprint density at radius 2 is 2.07 bits per heavy atom. The minimum absolute atomic E-state index is 0.174. The third kappa shape index (κ3) is 3.84. The van der Waals surface area contributed by atoms with E-state index in [-0.39, 0.29) is 30.6 Å². The van der Waals surface area contributed by atoms with Crippen LogP contribution in [0.2, 0.25) is 0 Å². The first-order chi connectivity index (χ1) is 12.7. The Morgan fingerprint density at radius 1 is 1.33 bits per heavy atom. The Labute approximate surface area is 154 Å². The lowest BCUT2D eigenvalue weighted by molar-refractivity contribution is -0.134. The number of hydrogen-bond acceptors (Lipinski definition) is 4. The molecule has 2 aromatic heterocycles. The van der Waals surface area contributed by atoms with Crippen molar-refractivity contribution in [1.29, 1.82) is 0 Å².